The number of rotatable bonds is 5. The van der Waals surface area contributed by atoms with Crippen LogP contribution in [0.25, 0.3) is 10.9 Å². The molecule has 0 spiro atoms. The van der Waals surface area contributed by atoms with Crippen molar-refractivity contribution in [2.24, 2.45) is 5.10 Å². The molecule has 0 fully saturated rings. The number of alkyl halides is 2. The number of hydrogen-bond donors (Lipinski definition) is 2. The summed E-state index contributed by atoms with van der Waals surface area (Å²) in [6.45, 7) is -2.88. The van der Waals surface area contributed by atoms with E-state index in [-0.39, 0.29) is 11.4 Å². The van der Waals surface area contributed by atoms with E-state index in [1.54, 1.807) is 6.07 Å². The lowest BCUT2D eigenvalue weighted by Gasteiger charge is -2.03. The molecule has 0 atom stereocenters. The fraction of sp³-hybridized carbons (Fsp3) is 0.0588. The molecule has 0 bridgehead atoms. The summed E-state index contributed by atoms with van der Waals surface area (Å²) in [6.07, 6.45) is 1.38. The molecule has 2 N–H and O–H groups in total. The molecule has 1 heterocycles. The first-order chi connectivity index (χ1) is 12.0. The predicted octanol–water partition coefficient (Wildman–Crippen LogP) is 4.19. The summed E-state index contributed by atoms with van der Waals surface area (Å²) < 4.78 is 28.4. The minimum absolute atomic E-state index is 0.0426. The summed E-state index contributed by atoms with van der Waals surface area (Å²) in [5.74, 6) is -0.448. The van der Waals surface area contributed by atoms with Crippen molar-refractivity contribution in [3.05, 3.63) is 64.8 Å². The van der Waals surface area contributed by atoms with Gasteiger partial charge in [-0.1, -0.05) is 29.8 Å². The SMILES string of the molecule is O=C(N/N=C/c1ccc(OC(F)F)cc1)c1[nH]c2ccccc2c1Cl. The highest BCUT2D eigenvalue weighted by Gasteiger charge is 2.15. The Bertz CT molecular complexity index is 923. The molecule has 1 aromatic heterocycles. The van der Waals surface area contributed by atoms with Crippen molar-refractivity contribution in [2.45, 2.75) is 6.61 Å². The van der Waals surface area contributed by atoms with Crippen molar-refractivity contribution in [3.63, 3.8) is 0 Å². The van der Waals surface area contributed by atoms with Gasteiger partial charge in [-0.2, -0.15) is 13.9 Å². The Kier molecular flexibility index (Phi) is 4.95. The number of H-pyrrole nitrogens is 1. The number of hydrogen-bond acceptors (Lipinski definition) is 3. The fourth-order valence-corrected chi connectivity index (χ4v) is 2.52. The van der Waals surface area contributed by atoms with Crippen molar-refractivity contribution in [2.75, 3.05) is 0 Å². The molecular weight excluding hydrogens is 352 g/mol. The van der Waals surface area contributed by atoms with Crippen LogP contribution in [0, 0.1) is 0 Å². The standard InChI is InChI=1S/C17H12ClF2N3O2/c18-14-12-3-1-2-4-13(12)22-15(14)16(24)23-21-9-10-5-7-11(8-6-10)25-17(19)20/h1-9,17,22H,(H,23,24)/b21-9+. The quantitative estimate of drug-likeness (QED) is 0.527. The van der Waals surface area contributed by atoms with Crippen molar-refractivity contribution < 1.29 is 18.3 Å². The third kappa shape index (κ3) is 3.95. The van der Waals surface area contributed by atoms with E-state index in [4.69, 9.17) is 11.6 Å². The minimum atomic E-state index is -2.88. The van der Waals surface area contributed by atoms with E-state index >= 15 is 0 Å². The zero-order valence-corrected chi connectivity index (χ0v) is 13.4. The number of aromatic nitrogens is 1. The van der Waals surface area contributed by atoms with Crippen LogP contribution >= 0.6 is 11.6 Å². The van der Waals surface area contributed by atoms with Gasteiger partial charge < -0.3 is 9.72 Å². The van der Waals surface area contributed by atoms with Gasteiger partial charge in [-0.05, 0) is 35.9 Å². The second-order valence-corrected chi connectivity index (χ2v) is 5.38. The Labute approximate surface area is 146 Å². The maximum atomic E-state index is 12.2. The molecule has 0 unspecified atom stereocenters. The number of nitrogens with one attached hydrogen (secondary N) is 2. The van der Waals surface area contributed by atoms with Gasteiger partial charge in [0.05, 0.1) is 11.2 Å². The topological polar surface area (TPSA) is 66.5 Å². The van der Waals surface area contributed by atoms with Gasteiger partial charge in [-0.3, -0.25) is 4.79 Å². The summed E-state index contributed by atoms with van der Waals surface area (Å²) >= 11 is 6.19. The molecule has 3 aromatic rings. The van der Waals surface area contributed by atoms with Gasteiger partial charge in [0, 0.05) is 10.9 Å². The first kappa shape index (κ1) is 16.9. The molecule has 0 saturated heterocycles. The van der Waals surface area contributed by atoms with E-state index in [9.17, 15) is 13.6 Å². The third-order valence-corrected chi connectivity index (χ3v) is 3.75. The highest BCUT2D eigenvalue weighted by molar-refractivity contribution is 6.38. The van der Waals surface area contributed by atoms with E-state index in [1.165, 1.54) is 30.5 Å². The van der Waals surface area contributed by atoms with Crippen LogP contribution in [0.15, 0.2) is 53.6 Å². The Morgan fingerprint density at radius 2 is 1.92 bits per heavy atom. The molecule has 1 amide bonds. The number of carbonyl (C=O) groups excluding carboxylic acids is 1. The number of hydrazone groups is 1. The number of benzene rings is 2. The Hall–Kier alpha value is -2.93. The van der Waals surface area contributed by atoms with E-state index in [0.29, 0.717) is 10.6 Å². The number of nitrogens with zero attached hydrogens (tertiary/aromatic N) is 1. The van der Waals surface area contributed by atoms with Crippen molar-refractivity contribution >= 4 is 34.6 Å². The number of fused-ring (bicyclic) bond motifs is 1. The number of carbonyl (C=O) groups is 1. The van der Waals surface area contributed by atoms with Gasteiger partial charge in [-0.25, -0.2) is 5.43 Å². The number of para-hydroxylation sites is 1. The lowest BCUT2D eigenvalue weighted by Crippen LogP contribution is -2.18. The average Bonchev–Trinajstić information content (AvgIpc) is 2.93. The molecule has 0 aliphatic heterocycles. The van der Waals surface area contributed by atoms with Crippen LogP contribution in [-0.2, 0) is 0 Å². The third-order valence-electron chi connectivity index (χ3n) is 3.35. The van der Waals surface area contributed by atoms with Crippen LogP contribution in [-0.4, -0.2) is 23.7 Å². The molecule has 128 valence electrons. The summed E-state index contributed by atoms with van der Waals surface area (Å²) in [7, 11) is 0. The molecule has 0 radical (unpaired) electrons. The summed E-state index contributed by atoms with van der Waals surface area (Å²) in [5, 5.41) is 4.89. The van der Waals surface area contributed by atoms with Gasteiger partial charge in [0.25, 0.3) is 5.91 Å². The van der Waals surface area contributed by atoms with E-state index < -0.39 is 12.5 Å². The van der Waals surface area contributed by atoms with Crippen molar-refractivity contribution in [1.29, 1.82) is 0 Å². The van der Waals surface area contributed by atoms with Gasteiger partial charge >= 0.3 is 6.61 Å². The molecule has 8 heteroatoms. The lowest BCUT2D eigenvalue weighted by atomic mass is 10.2. The molecule has 0 aliphatic rings. The number of halogens is 3. The van der Waals surface area contributed by atoms with Gasteiger partial charge in [0.15, 0.2) is 0 Å². The largest absolute Gasteiger partial charge is 0.435 e. The van der Waals surface area contributed by atoms with E-state index in [2.05, 4.69) is 20.2 Å². The van der Waals surface area contributed by atoms with Crippen LogP contribution in [0.5, 0.6) is 5.75 Å². The van der Waals surface area contributed by atoms with Crippen LogP contribution in [0.3, 0.4) is 0 Å². The normalized spacial score (nSPS) is 11.4. The summed E-state index contributed by atoms with van der Waals surface area (Å²) in [6, 6.07) is 13.1. The highest BCUT2D eigenvalue weighted by atomic mass is 35.5. The summed E-state index contributed by atoms with van der Waals surface area (Å²) in [4.78, 5) is 15.1. The van der Waals surface area contributed by atoms with Crippen molar-refractivity contribution in [3.8, 4) is 5.75 Å². The van der Waals surface area contributed by atoms with Crippen LogP contribution in [0.1, 0.15) is 16.1 Å². The number of amides is 1. The van der Waals surface area contributed by atoms with Gasteiger partial charge in [-0.15, -0.1) is 0 Å². The molecule has 3 rings (SSSR count). The van der Waals surface area contributed by atoms with Crippen LogP contribution in [0.2, 0.25) is 5.02 Å². The predicted molar refractivity (Wildman–Crippen MR) is 91.4 cm³/mol. The van der Waals surface area contributed by atoms with Crippen molar-refractivity contribution in [1.82, 2.24) is 10.4 Å². The molecule has 0 aliphatic carbocycles. The molecular formula is C17H12ClF2N3O2. The maximum absolute atomic E-state index is 12.2. The number of ether oxygens (including phenoxy) is 1. The molecule has 2 aromatic carbocycles. The maximum Gasteiger partial charge on any atom is 0.387 e. The smallest absolute Gasteiger partial charge is 0.387 e. The minimum Gasteiger partial charge on any atom is -0.435 e. The van der Waals surface area contributed by atoms with Gasteiger partial charge in [0.2, 0.25) is 0 Å². The number of aromatic amines is 1. The first-order valence-corrected chi connectivity index (χ1v) is 7.57. The van der Waals surface area contributed by atoms with Crippen LogP contribution < -0.4 is 10.2 Å². The average molecular weight is 364 g/mol. The highest BCUT2D eigenvalue weighted by Crippen LogP contribution is 2.26. The fourth-order valence-electron chi connectivity index (χ4n) is 2.22. The summed E-state index contributed by atoms with van der Waals surface area (Å²) in [5.41, 5.74) is 3.92. The zero-order chi connectivity index (χ0) is 17.8. The molecule has 5 nitrogen and oxygen atoms in total. The first-order valence-electron chi connectivity index (χ1n) is 7.19. The van der Waals surface area contributed by atoms with Gasteiger partial charge in [0.1, 0.15) is 11.4 Å². The Morgan fingerprint density at radius 3 is 2.60 bits per heavy atom. The Balaban J connectivity index is 1.67. The monoisotopic (exact) mass is 363 g/mol. The lowest BCUT2D eigenvalue weighted by molar-refractivity contribution is -0.0498. The second-order valence-electron chi connectivity index (χ2n) is 5.01. The van der Waals surface area contributed by atoms with E-state index in [0.717, 1.165) is 10.9 Å². The molecule has 0 saturated carbocycles. The zero-order valence-electron chi connectivity index (χ0n) is 12.7. The second kappa shape index (κ2) is 7.31. The van der Waals surface area contributed by atoms with Crippen LogP contribution in [0.4, 0.5) is 8.78 Å². The van der Waals surface area contributed by atoms with E-state index in [1.807, 2.05) is 18.2 Å². The molecule has 25 heavy (non-hydrogen) atoms. The Morgan fingerprint density at radius 1 is 1.20 bits per heavy atom.